The standard InChI is InChI=1S/C11H16N2O/c1-2-6-12-9(3-1)11-7-10(13-14-11)8-4-5-8/h7-9,12H,1-6H2. The van der Waals surface area contributed by atoms with E-state index < -0.39 is 0 Å². The molecule has 1 unspecified atom stereocenters. The predicted octanol–water partition coefficient (Wildman–Crippen LogP) is 2.37. The topological polar surface area (TPSA) is 38.1 Å². The summed E-state index contributed by atoms with van der Waals surface area (Å²) in [5.74, 6) is 1.75. The number of nitrogens with zero attached hydrogens (tertiary/aromatic N) is 1. The second-order valence-electron chi connectivity index (χ2n) is 4.43. The lowest BCUT2D eigenvalue weighted by molar-refractivity contribution is 0.303. The Morgan fingerprint density at radius 1 is 1.29 bits per heavy atom. The van der Waals surface area contributed by atoms with Crippen LogP contribution in [-0.2, 0) is 0 Å². The van der Waals surface area contributed by atoms with Gasteiger partial charge in [0.1, 0.15) is 0 Å². The van der Waals surface area contributed by atoms with Gasteiger partial charge in [-0.2, -0.15) is 0 Å². The number of hydrogen-bond acceptors (Lipinski definition) is 3. The summed E-state index contributed by atoms with van der Waals surface area (Å²) in [4.78, 5) is 0. The highest BCUT2D eigenvalue weighted by Gasteiger charge is 2.28. The van der Waals surface area contributed by atoms with Gasteiger partial charge in [-0.25, -0.2) is 0 Å². The molecule has 1 saturated heterocycles. The third kappa shape index (κ3) is 1.57. The van der Waals surface area contributed by atoms with Crippen LogP contribution in [0.5, 0.6) is 0 Å². The van der Waals surface area contributed by atoms with Gasteiger partial charge in [0.05, 0.1) is 11.7 Å². The second kappa shape index (κ2) is 3.39. The fourth-order valence-corrected chi connectivity index (χ4v) is 2.13. The van der Waals surface area contributed by atoms with Crippen molar-refractivity contribution in [3.05, 3.63) is 17.5 Å². The fourth-order valence-electron chi connectivity index (χ4n) is 2.13. The van der Waals surface area contributed by atoms with E-state index in [1.54, 1.807) is 0 Å². The molecule has 0 amide bonds. The van der Waals surface area contributed by atoms with Crippen molar-refractivity contribution in [3.8, 4) is 0 Å². The van der Waals surface area contributed by atoms with Crippen molar-refractivity contribution in [1.29, 1.82) is 0 Å². The summed E-state index contributed by atoms with van der Waals surface area (Å²) < 4.78 is 5.39. The Kier molecular flexibility index (Phi) is 2.05. The predicted molar refractivity (Wildman–Crippen MR) is 53.1 cm³/mol. The molecule has 1 atom stereocenters. The number of rotatable bonds is 2. The van der Waals surface area contributed by atoms with Gasteiger partial charge in [0.25, 0.3) is 0 Å². The third-order valence-corrected chi connectivity index (χ3v) is 3.20. The summed E-state index contributed by atoms with van der Waals surface area (Å²) in [5.41, 5.74) is 1.17. The maximum absolute atomic E-state index is 5.39. The van der Waals surface area contributed by atoms with Crippen LogP contribution in [0.1, 0.15) is 55.5 Å². The van der Waals surface area contributed by atoms with Gasteiger partial charge in [-0.05, 0) is 32.2 Å². The molecule has 0 bridgehead atoms. The SMILES string of the molecule is c1c(C2CC2)noc1C1CCCCN1. The van der Waals surface area contributed by atoms with Crippen LogP contribution in [0.25, 0.3) is 0 Å². The third-order valence-electron chi connectivity index (χ3n) is 3.20. The van der Waals surface area contributed by atoms with Crippen LogP contribution >= 0.6 is 0 Å². The van der Waals surface area contributed by atoms with Crippen molar-refractivity contribution in [2.24, 2.45) is 0 Å². The second-order valence-corrected chi connectivity index (χ2v) is 4.43. The van der Waals surface area contributed by atoms with Crippen molar-refractivity contribution in [2.45, 2.75) is 44.1 Å². The van der Waals surface area contributed by atoms with Crippen LogP contribution in [0, 0.1) is 0 Å². The summed E-state index contributed by atoms with van der Waals surface area (Å²) in [6.07, 6.45) is 6.38. The van der Waals surface area contributed by atoms with E-state index in [1.165, 1.54) is 37.8 Å². The normalized spacial score (nSPS) is 27.9. The Labute approximate surface area is 83.9 Å². The van der Waals surface area contributed by atoms with Gasteiger partial charge in [-0.3, -0.25) is 0 Å². The molecule has 1 N–H and O–H groups in total. The maximum Gasteiger partial charge on any atom is 0.153 e. The largest absolute Gasteiger partial charge is 0.359 e. The maximum atomic E-state index is 5.39. The smallest absolute Gasteiger partial charge is 0.153 e. The summed E-state index contributed by atoms with van der Waals surface area (Å²) >= 11 is 0. The zero-order chi connectivity index (χ0) is 9.38. The molecule has 3 nitrogen and oxygen atoms in total. The number of hydrogen-bond donors (Lipinski definition) is 1. The molecule has 1 aliphatic carbocycles. The molecule has 3 heteroatoms. The van der Waals surface area contributed by atoms with Gasteiger partial charge in [-0.1, -0.05) is 11.6 Å². The first-order valence-electron chi connectivity index (χ1n) is 5.63. The van der Waals surface area contributed by atoms with Crippen molar-refractivity contribution in [2.75, 3.05) is 6.54 Å². The summed E-state index contributed by atoms with van der Waals surface area (Å²) in [6.45, 7) is 1.12. The van der Waals surface area contributed by atoms with Crippen LogP contribution in [-0.4, -0.2) is 11.7 Å². The fraction of sp³-hybridized carbons (Fsp3) is 0.727. The first-order chi connectivity index (χ1) is 6.93. The van der Waals surface area contributed by atoms with E-state index in [0.29, 0.717) is 12.0 Å². The van der Waals surface area contributed by atoms with Gasteiger partial charge in [-0.15, -0.1) is 0 Å². The van der Waals surface area contributed by atoms with E-state index in [0.717, 1.165) is 12.3 Å². The van der Waals surface area contributed by atoms with E-state index in [2.05, 4.69) is 16.5 Å². The molecule has 1 aliphatic heterocycles. The zero-order valence-corrected chi connectivity index (χ0v) is 8.33. The van der Waals surface area contributed by atoms with E-state index in [4.69, 9.17) is 4.52 Å². The van der Waals surface area contributed by atoms with E-state index in [1.807, 2.05) is 0 Å². The van der Waals surface area contributed by atoms with Crippen molar-refractivity contribution in [3.63, 3.8) is 0 Å². The molecule has 1 aromatic rings. The van der Waals surface area contributed by atoms with Gasteiger partial charge in [0.15, 0.2) is 5.76 Å². The lowest BCUT2D eigenvalue weighted by atomic mass is 10.0. The monoisotopic (exact) mass is 192 g/mol. The number of nitrogens with one attached hydrogen (secondary N) is 1. The Hall–Kier alpha value is -0.830. The minimum absolute atomic E-state index is 0.420. The molecular weight excluding hydrogens is 176 g/mol. The first kappa shape index (κ1) is 8.48. The van der Waals surface area contributed by atoms with Gasteiger partial charge < -0.3 is 9.84 Å². The highest BCUT2D eigenvalue weighted by Crippen LogP contribution is 2.40. The molecule has 0 radical (unpaired) electrons. The first-order valence-corrected chi connectivity index (χ1v) is 5.63. The lowest BCUT2D eigenvalue weighted by Gasteiger charge is -2.20. The van der Waals surface area contributed by atoms with Crippen LogP contribution < -0.4 is 5.32 Å². The molecule has 2 fully saturated rings. The van der Waals surface area contributed by atoms with Crippen LogP contribution in [0.3, 0.4) is 0 Å². The van der Waals surface area contributed by atoms with Gasteiger partial charge in [0.2, 0.25) is 0 Å². The van der Waals surface area contributed by atoms with Crippen molar-refractivity contribution < 1.29 is 4.52 Å². The molecular formula is C11H16N2O. The highest BCUT2D eigenvalue weighted by molar-refractivity contribution is 5.17. The molecule has 14 heavy (non-hydrogen) atoms. The van der Waals surface area contributed by atoms with Crippen LogP contribution in [0.4, 0.5) is 0 Å². The lowest BCUT2D eigenvalue weighted by Crippen LogP contribution is -2.26. The summed E-state index contributed by atoms with van der Waals surface area (Å²) in [5, 5.41) is 7.61. The Bertz CT molecular complexity index is 311. The molecule has 76 valence electrons. The average Bonchev–Trinajstić information content (AvgIpc) is 2.98. The summed E-state index contributed by atoms with van der Waals surface area (Å²) in [6, 6.07) is 2.57. The highest BCUT2D eigenvalue weighted by atomic mass is 16.5. The minimum Gasteiger partial charge on any atom is -0.359 e. The van der Waals surface area contributed by atoms with E-state index >= 15 is 0 Å². The van der Waals surface area contributed by atoms with Gasteiger partial charge in [0, 0.05) is 12.0 Å². The molecule has 2 heterocycles. The van der Waals surface area contributed by atoms with Crippen LogP contribution in [0.2, 0.25) is 0 Å². The molecule has 0 spiro atoms. The zero-order valence-electron chi connectivity index (χ0n) is 8.33. The Morgan fingerprint density at radius 3 is 2.93 bits per heavy atom. The average molecular weight is 192 g/mol. The molecule has 0 aromatic carbocycles. The Morgan fingerprint density at radius 2 is 2.21 bits per heavy atom. The van der Waals surface area contributed by atoms with Crippen molar-refractivity contribution >= 4 is 0 Å². The quantitative estimate of drug-likeness (QED) is 0.781. The minimum atomic E-state index is 0.420. The number of aromatic nitrogens is 1. The number of piperidine rings is 1. The van der Waals surface area contributed by atoms with Gasteiger partial charge >= 0.3 is 0 Å². The molecule has 3 rings (SSSR count). The van der Waals surface area contributed by atoms with Crippen molar-refractivity contribution in [1.82, 2.24) is 10.5 Å². The Balaban J connectivity index is 1.74. The molecule has 1 aromatic heterocycles. The van der Waals surface area contributed by atoms with E-state index in [-0.39, 0.29) is 0 Å². The molecule has 2 aliphatic rings. The molecule has 1 saturated carbocycles. The van der Waals surface area contributed by atoms with Crippen LogP contribution in [0.15, 0.2) is 10.6 Å². The van der Waals surface area contributed by atoms with E-state index in [9.17, 15) is 0 Å². The summed E-state index contributed by atoms with van der Waals surface area (Å²) in [7, 11) is 0.